The summed E-state index contributed by atoms with van der Waals surface area (Å²) in [4.78, 5) is 2.36. The third-order valence-electron chi connectivity index (χ3n) is 4.33. The van der Waals surface area contributed by atoms with Crippen LogP contribution in [0.5, 0.6) is 5.75 Å². The molecule has 1 atom stereocenters. The van der Waals surface area contributed by atoms with Crippen LogP contribution in [0.3, 0.4) is 0 Å². The van der Waals surface area contributed by atoms with Crippen molar-refractivity contribution in [1.82, 2.24) is 4.90 Å². The van der Waals surface area contributed by atoms with Gasteiger partial charge in [-0.1, -0.05) is 45.7 Å². The third-order valence-corrected chi connectivity index (χ3v) is 4.33. The lowest BCUT2D eigenvalue weighted by Crippen LogP contribution is -3.00. The Kier molecular flexibility index (Phi) is 8.38. The Balaban J connectivity index is 0.00000264. The van der Waals surface area contributed by atoms with Crippen LogP contribution in [0.15, 0.2) is 24.3 Å². The van der Waals surface area contributed by atoms with Gasteiger partial charge in [-0.3, -0.25) is 0 Å². The molecule has 3 nitrogen and oxygen atoms in total. The smallest absolute Gasteiger partial charge is 0.119 e. The SMILES string of the molecule is CC(C)(C)c1ccc(OCC(O)CN2CCCCCC2)cc1.[Cl-]. The molecule has 132 valence electrons. The maximum atomic E-state index is 10.2. The number of β-amino-alcohol motifs (C(OH)–C–C–N with tert-alkyl or cyclic N) is 1. The van der Waals surface area contributed by atoms with Crippen LogP contribution < -0.4 is 17.1 Å². The molecule has 1 fully saturated rings. The molecule has 23 heavy (non-hydrogen) atoms. The normalized spacial score (nSPS) is 17.9. The molecule has 1 heterocycles. The quantitative estimate of drug-likeness (QED) is 0.852. The average molecular weight is 341 g/mol. The Morgan fingerprint density at radius 2 is 1.61 bits per heavy atom. The van der Waals surface area contributed by atoms with E-state index in [-0.39, 0.29) is 17.8 Å². The number of ether oxygens (including phenoxy) is 1. The van der Waals surface area contributed by atoms with Crippen molar-refractivity contribution < 1.29 is 22.3 Å². The number of likely N-dealkylation sites (tertiary alicyclic amines) is 1. The zero-order valence-corrected chi connectivity index (χ0v) is 15.5. The standard InChI is InChI=1S/C19H31NO2.ClH/c1-19(2,3)16-8-10-18(11-9-16)22-15-17(21)14-20-12-6-4-5-7-13-20;/h8-11,17,21H,4-7,12-15H2,1-3H3;1H/p-1. The topological polar surface area (TPSA) is 32.7 Å². The fraction of sp³-hybridized carbons (Fsp3) is 0.684. The van der Waals surface area contributed by atoms with E-state index in [1.807, 2.05) is 12.1 Å². The van der Waals surface area contributed by atoms with E-state index in [1.54, 1.807) is 0 Å². The number of halogens is 1. The van der Waals surface area contributed by atoms with Crippen molar-refractivity contribution in [3.05, 3.63) is 29.8 Å². The van der Waals surface area contributed by atoms with Crippen molar-refractivity contribution in [3.63, 3.8) is 0 Å². The molecule has 0 bridgehead atoms. The minimum Gasteiger partial charge on any atom is -1.00 e. The minimum atomic E-state index is -0.416. The first-order valence-corrected chi connectivity index (χ1v) is 8.59. The van der Waals surface area contributed by atoms with Gasteiger partial charge in [0.25, 0.3) is 0 Å². The number of benzene rings is 1. The summed E-state index contributed by atoms with van der Waals surface area (Å²) in [5.74, 6) is 0.836. The van der Waals surface area contributed by atoms with Gasteiger partial charge in [-0.15, -0.1) is 0 Å². The van der Waals surface area contributed by atoms with Crippen molar-refractivity contribution in [3.8, 4) is 5.75 Å². The van der Waals surface area contributed by atoms with E-state index in [0.717, 1.165) is 25.4 Å². The van der Waals surface area contributed by atoms with Gasteiger partial charge in [0.2, 0.25) is 0 Å². The van der Waals surface area contributed by atoms with Crippen LogP contribution in [0.1, 0.15) is 52.0 Å². The maximum Gasteiger partial charge on any atom is 0.119 e. The van der Waals surface area contributed by atoms with E-state index in [1.165, 1.54) is 31.2 Å². The van der Waals surface area contributed by atoms with E-state index in [2.05, 4.69) is 37.8 Å². The van der Waals surface area contributed by atoms with Crippen LogP contribution in [-0.2, 0) is 5.41 Å². The van der Waals surface area contributed by atoms with Crippen LogP contribution in [-0.4, -0.2) is 42.4 Å². The van der Waals surface area contributed by atoms with Gasteiger partial charge in [0, 0.05) is 6.54 Å². The summed E-state index contributed by atoms with van der Waals surface area (Å²) < 4.78 is 5.73. The summed E-state index contributed by atoms with van der Waals surface area (Å²) in [5, 5.41) is 10.2. The lowest BCUT2D eigenvalue weighted by atomic mass is 9.87. The predicted octanol–water partition coefficient (Wildman–Crippen LogP) is 0.604. The van der Waals surface area contributed by atoms with Gasteiger partial charge < -0.3 is 27.2 Å². The number of hydrogen-bond donors (Lipinski definition) is 1. The van der Waals surface area contributed by atoms with Gasteiger partial charge in [0.05, 0.1) is 0 Å². The second-order valence-corrected chi connectivity index (χ2v) is 7.45. The molecule has 0 radical (unpaired) electrons. The number of aliphatic hydroxyl groups excluding tert-OH is 1. The highest BCUT2D eigenvalue weighted by Crippen LogP contribution is 2.24. The summed E-state index contributed by atoms with van der Waals surface area (Å²) in [6.45, 7) is 9.91. The van der Waals surface area contributed by atoms with Gasteiger partial charge >= 0.3 is 0 Å². The molecule has 0 amide bonds. The number of nitrogens with zero attached hydrogens (tertiary/aromatic N) is 1. The molecule has 1 unspecified atom stereocenters. The summed E-state index contributed by atoms with van der Waals surface area (Å²) in [6.07, 6.45) is 4.73. The minimum absolute atomic E-state index is 0. The van der Waals surface area contributed by atoms with E-state index in [9.17, 15) is 5.11 Å². The molecule has 1 aliphatic rings. The molecule has 0 spiro atoms. The third kappa shape index (κ3) is 7.11. The number of aliphatic hydroxyl groups is 1. The van der Waals surface area contributed by atoms with Crippen molar-refractivity contribution in [2.24, 2.45) is 0 Å². The lowest BCUT2D eigenvalue weighted by Gasteiger charge is -2.23. The average Bonchev–Trinajstić information content (AvgIpc) is 2.73. The first kappa shape index (κ1) is 20.3. The molecular formula is C19H31ClNO2-. The summed E-state index contributed by atoms with van der Waals surface area (Å²) >= 11 is 0. The van der Waals surface area contributed by atoms with Gasteiger partial charge in [-0.2, -0.15) is 0 Å². The van der Waals surface area contributed by atoms with Crippen LogP contribution in [0.4, 0.5) is 0 Å². The Morgan fingerprint density at radius 1 is 1.04 bits per heavy atom. The van der Waals surface area contributed by atoms with Crippen LogP contribution >= 0.6 is 0 Å². The highest BCUT2D eigenvalue weighted by atomic mass is 35.5. The Hall–Kier alpha value is -0.770. The monoisotopic (exact) mass is 340 g/mol. The van der Waals surface area contributed by atoms with Crippen LogP contribution in [0.25, 0.3) is 0 Å². The molecular weight excluding hydrogens is 310 g/mol. The van der Waals surface area contributed by atoms with Crippen LogP contribution in [0, 0.1) is 0 Å². The highest BCUT2D eigenvalue weighted by molar-refractivity contribution is 5.31. The van der Waals surface area contributed by atoms with E-state index in [0.29, 0.717) is 6.61 Å². The molecule has 1 N–H and O–H groups in total. The highest BCUT2D eigenvalue weighted by Gasteiger charge is 2.15. The molecule has 2 rings (SSSR count). The molecule has 1 saturated heterocycles. The van der Waals surface area contributed by atoms with Crippen LogP contribution in [0.2, 0.25) is 0 Å². The molecule has 1 aromatic carbocycles. The zero-order valence-electron chi connectivity index (χ0n) is 14.7. The Labute approximate surface area is 147 Å². The van der Waals surface area contributed by atoms with E-state index in [4.69, 9.17) is 4.74 Å². The van der Waals surface area contributed by atoms with Gasteiger partial charge in [0.1, 0.15) is 18.5 Å². The largest absolute Gasteiger partial charge is 1.00 e. The Bertz CT molecular complexity index is 434. The zero-order chi connectivity index (χ0) is 16.0. The molecule has 1 aromatic rings. The first-order chi connectivity index (χ1) is 10.4. The maximum absolute atomic E-state index is 10.2. The van der Waals surface area contributed by atoms with Gasteiger partial charge in [-0.25, -0.2) is 0 Å². The molecule has 0 aliphatic carbocycles. The fourth-order valence-electron chi connectivity index (χ4n) is 2.91. The van der Waals surface area contributed by atoms with Gasteiger partial charge in [0.15, 0.2) is 0 Å². The van der Waals surface area contributed by atoms with E-state index >= 15 is 0 Å². The summed E-state index contributed by atoms with van der Waals surface area (Å²) in [5.41, 5.74) is 1.45. The van der Waals surface area contributed by atoms with Crippen molar-refractivity contribution in [2.45, 2.75) is 58.0 Å². The van der Waals surface area contributed by atoms with Crippen molar-refractivity contribution >= 4 is 0 Å². The summed E-state index contributed by atoms with van der Waals surface area (Å²) in [7, 11) is 0. The second kappa shape index (κ2) is 9.51. The molecule has 1 aliphatic heterocycles. The second-order valence-electron chi connectivity index (χ2n) is 7.45. The fourth-order valence-corrected chi connectivity index (χ4v) is 2.91. The Morgan fingerprint density at radius 3 is 2.13 bits per heavy atom. The summed E-state index contributed by atoms with van der Waals surface area (Å²) in [6, 6.07) is 8.21. The predicted molar refractivity (Wildman–Crippen MR) is 91.6 cm³/mol. The van der Waals surface area contributed by atoms with Crippen molar-refractivity contribution in [2.75, 3.05) is 26.2 Å². The molecule has 0 aromatic heterocycles. The number of hydrogen-bond acceptors (Lipinski definition) is 3. The molecule has 0 saturated carbocycles. The van der Waals surface area contributed by atoms with Crippen molar-refractivity contribution in [1.29, 1.82) is 0 Å². The van der Waals surface area contributed by atoms with Gasteiger partial charge in [-0.05, 0) is 49.0 Å². The molecule has 4 heteroatoms. The first-order valence-electron chi connectivity index (χ1n) is 8.59. The lowest BCUT2D eigenvalue weighted by molar-refractivity contribution is -0.00000733. The number of rotatable bonds is 5. The van der Waals surface area contributed by atoms with E-state index < -0.39 is 6.10 Å².